The zero-order valence-corrected chi connectivity index (χ0v) is 15.1. The molecule has 0 amide bonds. The van der Waals surface area contributed by atoms with Crippen LogP contribution in [0.5, 0.6) is 0 Å². The minimum absolute atomic E-state index is 0.869. The van der Waals surface area contributed by atoms with E-state index in [0.29, 0.717) is 0 Å². The third-order valence-electron chi connectivity index (χ3n) is 4.28. The summed E-state index contributed by atoms with van der Waals surface area (Å²) in [5.74, 6) is 0. The molecule has 1 nitrogen and oxygen atoms in total. The van der Waals surface area contributed by atoms with Crippen LogP contribution in [0.2, 0.25) is 0 Å². The maximum absolute atomic E-state index is 3.51. The molecule has 0 saturated heterocycles. The van der Waals surface area contributed by atoms with Crippen LogP contribution in [0.4, 0.5) is 5.69 Å². The lowest BCUT2D eigenvalue weighted by Gasteiger charge is -2.08. The SMILES string of the molecule is CCCCCc1ccc(CNc2ccc(-c3cccs3)cc2)cc1. The van der Waals surface area contributed by atoms with Crippen LogP contribution in [0.25, 0.3) is 10.4 Å². The molecule has 3 aromatic rings. The molecular formula is C22H25NS. The van der Waals surface area contributed by atoms with Crippen LogP contribution in [0, 0.1) is 0 Å². The third kappa shape index (κ3) is 4.72. The highest BCUT2D eigenvalue weighted by molar-refractivity contribution is 7.13. The van der Waals surface area contributed by atoms with E-state index in [9.17, 15) is 0 Å². The van der Waals surface area contributed by atoms with Gasteiger partial charge in [0, 0.05) is 17.1 Å². The van der Waals surface area contributed by atoms with Gasteiger partial charge >= 0.3 is 0 Å². The van der Waals surface area contributed by atoms with Crippen molar-refractivity contribution in [2.24, 2.45) is 0 Å². The minimum atomic E-state index is 0.869. The summed E-state index contributed by atoms with van der Waals surface area (Å²) in [5, 5.41) is 5.63. The number of nitrogens with one attached hydrogen (secondary N) is 1. The molecule has 0 spiro atoms. The van der Waals surface area contributed by atoms with Gasteiger partial charge in [-0.15, -0.1) is 11.3 Å². The largest absolute Gasteiger partial charge is 0.381 e. The highest BCUT2D eigenvalue weighted by atomic mass is 32.1. The van der Waals surface area contributed by atoms with E-state index >= 15 is 0 Å². The summed E-state index contributed by atoms with van der Waals surface area (Å²) in [6, 6.07) is 22.0. The molecule has 0 unspecified atom stereocenters. The van der Waals surface area contributed by atoms with Crippen molar-refractivity contribution in [3.05, 3.63) is 77.2 Å². The molecule has 0 saturated carbocycles. The first-order valence-electron chi connectivity index (χ1n) is 8.81. The van der Waals surface area contributed by atoms with Gasteiger partial charge in [-0.25, -0.2) is 0 Å². The van der Waals surface area contributed by atoms with Crippen LogP contribution in [0.1, 0.15) is 37.3 Å². The quantitative estimate of drug-likeness (QED) is 0.448. The minimum Gasteiger partial charge on any atom is -0.381 e. The van der Waals surface area contributed by atoms with Gasteiger partial charge in [0.2, 0.25) is 0 Å². The third-order valence-corrected chi connectivity index (χ3v) is 5.20. The van der Waals surface area contributed by atoms with Gasteiger partial charge in [0.15, 0.2) is 0 Å². The standard InChI is InChI=1S/C22H25NS/c1-2-3-4-6-18-8-10-19(11-9-18)17-23-21-14-12-20(13-15-21)22-7-5-16-24-22/h5,7-16,23H,2-4,6,17H2,1H3. The Morgan fingerprint density at radius 3 is 2.25 bits per heavy atom. The molecule has 0 radical (unpaired) electrons. The average molecular weight is 336 g/mol. The smallest absolute Gasteiger partial charge is 0.0400 e. The number of thiophene rings is 1. The van der Waals surface area contributed by atoms with Gasteiger partial charge in [-0.1, -0.05) is 62.2 Å². The number of hydrogen-bond donors (Lipinski definition) is 1. The molecule has 0 aliphatic carbocycles. The summed E-state index contributed by atoms with van der Waals surface area (Å²) >= 11 is 1.78. The molecule has 1 heterocycles. The van der Waals surface area contributed by atoms with E-state index in [2.05, 4.69) is 78.3 Å². The summed E-state index contributed by atoms with van der Waals surface area (Å²) in [5.41, 5.74) is 5.23. The summed E-state index contributed by atoms with van der Waals surface area (Å²) in [6.07, 6.45) is 5.11. The van der Waals surface area contributed by atoms with Crippen molar-refractivity contribution in [2.75, 3.05) is 5.32 Å². The van der Waals surface area contributed by atoms with Crippen LogP contribution in [0.3, 0.4) is 0 Å². The molecule has 1 N–H and O–H groups in total. The zero-order valence-electron chi connectivity index (χ0n) is 14.3. The van der Waals surface area contributed by atoms with Gasteiger partial charge in [-0.3, -0.25) is 0 Å². The van der Waals surface area contributed by atoms with E-state index in [-0.39, 0.29) is 0 Å². The van der Waals surface area contributed by atoms with E-state index < -0.39 is 0 Å². The van der Waals surface area contributed by atoms with Crippen LogP contribution in [0.15, 0.2) is 66.0 Å². The molecule has 124 valence electrons. The maximum atomic E-state index is 3.51. The Morgan fingerprint density at radius 1 is 0.833 bits per heavy atom. The number of anilines is 1. The van der Waals surface area contributed by atoms with Gasteiger partial charge in [-0.2, -0.15) is 0 Å². The van der Waals surface area contributed by atoms with E-state index in [1.54, 1.807) is 11.3 Å². The lowest BCUT2D eigenvalue weighted by atomic mass is 10.1. The zero-order chi connectivity index (χ0) is 16.6. The van der Waals surface area contributed by atoms with E-state index in [4.69, 9.17) is 0 Å². The van der Waals surface area contributed by atoms with Crippen LogP contribution in [-0.4, -0.2) is 0 Å². The van der Waals surface area contributed by atoms with Crippen LogP contribution in [-0.2, 0) is 13.0 Å². The normalized spacial score (nSPS) is 10.7. The maximum Gasteiger partial charge on any atom is 0.0400 e. The van der Waals surface area contributed by atoms with Crippen molar-refractivity contribution in [3.63, 3.8) is 0 Å². The predicted octanol–water partition coefficient (Wildman–Crippen LogP) is 6.76. The number of hydrogen-bond acceptors (Lipinski definition) is 2. The molecular weight excluding hydrogens is 310 g/mol. The molecule has 2 aromatic carbocycles. The van der Waals surface area contributed by atoms with Crippen LogP contribution < -0.4 is 5.32 Å². The van der Waals surface area contributed by atoms with Gasteiger partial charge in [-0.05, 0) is 53.1 Å². The Kier molecular flexibility index (Phi) is 6.08. The molecule has 0 atom stereocenters. The lowest BCUT2D eigenvalue weighted by Crippen LogP contribution is -1.99. The Labute approximate surface area is 149 Å². The number of rotatable bonds is 8. The second-order valence-electron chi connectivity index (χ2n) is 6.18. The Morgan fingerprint density at radius 2 is 1.58 bits per heavy atom. The van der Waals surface area contributed by atoms with Crippen molar-refractivity contribution in [2.45, 2.75) is 39.2 Å². The van der Waals surface area contributed by atoms with E-state index in [0.717, 1.165) is 6.54 Å². The monoisotopic (exact) mass is 335 g/mol. The Bertz CT molecular complexity index is 712. The average Bonchev–Trinajstić information content (AvgIpc) is 3.16. The first-order valence-corrected chi connectivity index (χ1v) is 9.69. The summed E-state index contributed by atoms with van der Waals surface area (Å²) in [7, 11) is 0. The molecule has 0 aliphatic rings. The number of unbranched alkanes of at least 4 members (excludes halogenated alkanes) is 2. The lowest BCUT2D eigenvalue weighted by molar-refractivity contribution is 0.717. The molecule has 1 aromatic heterocycles. The molecule has 3 rings (SSSR count). The second-order valence-corrected chi connectivity index (χ2v) is 7.13. The highest BCUT2D eigenvalue weighted by Crippen LogP contribution is 2.25. The van der Waals surface area contributed by atoms with Crippen molar-refractivity contribution >= 4 is 17.0 Å². The van der Waals surface area contributed by atoms with Crippen LogP contribution >= 0.6 is 11.3 Å². The molecule has 0 aliphatic heterocycles. The first kappa shape index (κ1) is 16.8. The topological polar surface area (TPSA) is 12.0 Å². The highest BCUT2D eigenvalue weighted by Gasteiger charge is 2.00. The van der Waals surface area contributed by atoms with Crippen molar-refractivity contribution in [1.82, 2.24) is 0 Å². The fourth-order valence-electron chi connectivity index (χ4n) is 2.80. The van der Waals surface area contributed by atoms with E-state index in [1.807, 2.05) is 0 Å². The van der Waals surface area contributed by atoms with Crippen molar-refractivity contribution < 1.29 is 0 Å². The molecule has 0 fully saturated rings. The second kappa shape index (κ2) is 8.70. The fourth-order valence-corrected chi connectivity index (χ4v) is 3.54. The van der Waals surface area contributed by atoms with E-state index in [1.165, 1.54) is 52.9 Å². The fraction of sp³-hybridized carbons (Fsp3) is 0.273. The van der Waals surface area contributed by atoms with Crippen molar-refractivity contribution in [3.8, 4) is 10.4 Å². The molecule has 2 heteroatoms. The Balaban J connectivity index is 1.52. The van der Waals surface area contributed by atoms with Gasteiger partial charge in [0.1, 0.15) is 0 Å². The molecule has 24 heavy (non-hydrogen) atoms. The first-order chi connectivity index (χ1) is 11.8. The number of benzene rings is 2. The predicted molar refractivity (Wildman–Crippen MR) is 107 cm³/mol. The number of aryl methyl sites for hydroxylation is 1. The van der Waals surface area contributed by atoms with Gasteiger partial charge < -0.3 is 5.32 Å². The summed E-state index contributed by atoms with van der Waals surface area (Å²) in [6.45, 7) is 3.12. The Hall–Kier alpha value is -2.06. The summed E-state index contributed by atoms with van der Waals surface area (Å²) in [4.78, 5) is 1.32. The summed E-state index contributed by atoms with van der Waals surface area (Å²) < 4.78 is 0. The molecule has 0 bridgehead atoms. The van der Waals surface area contributed by atoms with Gasteiger partial charge in [0.05, 0.1) is 0 Å². The van der Waals surface area contributed by atoms with Gasteiger partial charge in [0.25, 0.3) is 0 Å². The van der Waals surface area contributed by atoms with Crippen molar-refractivity contribution in [1.29, 1.82) is 0 Å².